The van der Waals surface area contributed by atoms with E-state index in [0.29, 0.717) is 19.7 Å². The van der Waals surface area contributed by atoms with Crippen LogP contribution in [0.25, 0.3) is 0 Å². The van der Waals surface area contributed by atoms with E-state index in [1.165, 1.54) is 16.6 Å². The van der Waals surface area contributed by atoms with Gasteiger partial charge in [-0.3, -0.25) is 0 Å². The second-order valence-corrected chi connectivity index (χ2v) is 6.27. The maximum atomic E-state index is 12.4. The minimum Gasteiger partial charge on any atom is -0.384 e. The van der Waals surface area contributed by atoms with E-state index < -0.39 is 10.0 Å². The van der Waals surface area contributed by atoms with Gasteiger partial charge in [0.25, 0.3) is 0 Å². The molecule has 0 bridgehead atoms. The largest absolute Gasteiger partial charge is 0.384 e. The van der Waals surface area contributed by atoms with Crippen LogP contribution in [-0.4, -0.2) is 44.5 Å². The van der Waals surface area contributed by atoms with E-state index in [4.69, 9.17) is 10.5 Å². The minimum absolute atomic E-state index is 0.0488. The summed E-state index contributed by atoms with van der Waals surface area (Å²) in [5, 5.41) is 0. The first-order valence-electron chi connectivity index (χ1n) is 5.75. The molecule has 1 aromatic rings. The molecule has 0 aromatic carbocycles. The molecular weight excluding hydrogens is 254 g/mol. The minimum atomic E-state index is -3.53. The standard InChI is InChI=1S/C11H17N3O3S/c1-17-8-9-4-6-14(7-9)18(15,16)10-3-2-5-13-11(10)12/h2-3,5,9H,4,6-8H2,1H3,(H2,12,13). The topological polar surface area (TPSA) is 85.5 Å². The highest BCUT2D eigenvalue weighted by Gasteiger charge is 2.33. The molecule has 1 aromatic heterocycles. The molecule has 2 N–H and O–H groups in total. The predicted molar refractivity (Wildman–Crippen MR) is 67.4 cm³/mol. The molecule has 0 aliphatic carbocycles. The van der Waals surface area contributed by atoms with Crippen LogP contribution in [0.1, 0.15) is 6.42 Å². The van der Waals surface area contributed by atoms with Gasteiger partial charge in [0.15, 0.2) is 0 Å². The van der Waals surface area contributed by atoms with E-state index >= 15 is 0 Å². The molecule has 1 unspecified atom stereocenters. The molecule has 100 valence electrons. The highest BCUT2D eigenvalue weighted by molar-refractivity contribution is 7.89. The van der Waals surface area contributed by atoms with Gasteiger partial charge in [0.05, 0.1) is 6.61 Å². The van der Waals surface area contributed by atoms with Crippen molar-refractivity contribution < 1.29 is 13.2 Å². The summed E-state index contributed by atoms with van der Waals surface area (Å²) < 4.78 is 31.2. The van der Waals surface area contributed by atoms with Gasteiger partial charge in [0.2, 0.25) is 10.0 Å². The quantitative estimate of drug-likeness (QED) is 0.852. The molecule has 0 radical (unpaired) electrons. The molecule has 1 saturated heterocycles. The lowest BCUT2D eigenvalue weighted by atomic mass is 10.1. The third kappa shape index (κ3) is 2.47. The van der Waals surface area contributed by atoms with Crippen LogP contribution in [0.3, 0.4) is 0 Å². The number of nitrogen functional groups attached to an aromatic ring is 1. The Bertz CT molecular complexity index is 518. The number of pyridine rings is 1. The summed E-state index contributed by atoms with van der Waals surface area (Å²) in [6.07, 6.45) is 2.29. The maximum Gasteiger partial charge on any atom is 0.246 e. The Kier molecular flexibility index (Phi) is 3.84. The summed E-state index contributed by atoms with van der Waals surface area (Å²) in [4.78, 5) is 3.91. The fourth-order valence-corrected chi connectivity index (χ4v) is 3.75. The summed E-state index contributed by atoms with van der Waals surface area (Å²) in [6, 6.07) is 3.06. The second kappa shape index (κ2) is 5.21. The van der Waals surface area contributed by atoms with E-state index in [9.17, 15) is 8.42 Å². The van der Waals surface area contributed by atoms with Crippen molar-refractivity contribution in [3.8, 4) is 0 Å². The van der Waals surface area contributed by atoms with Crippen molar-refractivity contribution in [1.29, 1.82) is 0 Å². The Morgan fingerprint density at radius 1 is 1.61 bits per heavy atom. The zero-order chi connectivity index (χ0) is 13.2. The first-order chi connectivity index (χ1) is 8.55. The lowest BCUT2D eigenvalue weighted by Crippen LogP contribution is -2.30. The van der Waals surface area contributed by atoms with E-state index in [1.54, 1.807) is 13.2 Å². The zero-order valence-corrected chi connectivity index (χ0v) is 11.1. The van der Waals surface area contributed by atoms with Crippen LogP contribution in [0.15, 0.2) is 23.2 Å². The normalized spacial score (nSPS) is 21.3. The lowest BCUT2D eigenvalue weighted by molar-refractivity contribution is 0.157. The van der Waals surface area contributed by atoms with Crippen LogP contribution in [0.2, 0.25) is 0 Å². The smallest absolute Gasteiger partial charge is 0.246 e. The fraction of sp³-hybridized carbons (Fsp3) is 0.545. The van der Waals surface area contributed by atoms with Crippen molar-refractivity contribution in [2.24, 2.45) is 5.92 Å². The van der Waals surface area contributed by atoms with E-state index in [0.717, 1.165) is 6.42 Å². The summed E-state index contributed by atoms with van der Waals surface area (Å²) in [5.74, 6) is 0.301. The molecule has 6 nitrogen and oxygen atoms in total. The number of aromatic nitrogens is 1. The SMILES string of the molecule is COCC1CCN(S(=O)(=O)c2cccnc2N)C1. The first-order valence-corrected chi connectivity index (χ1v) is 7.19. The van der Waals surface area contributed by atoms with Gasteiger partial charge >= 0.3 is 0 Å². The molecule has 0 saturated carbocycles. The Morgan fingerprint density at radius 2 is 2.39 bits per heavy atom. The van der Waals surface area contributed by atoms with Crippen molar-refractivity contribution in [3.05, 3.63) is 18.3 Å². The van der Waals surface area contributed by atoms with Gasteiger partial charge < -0.3 is 10.5 Å². The van der Waals surface area contributed by atoms with Gasteiger partial charge in [0.1, 0.15) is 10.7 Å². The lowest BCUT2D eigenvalue weighted by Gasteiger charge is -2.17. The molecule has 7 heteroatoms. The average Bonchev–Trinajstić information content (AvgIpc) is 2.79. The summed E-state index contributed by atoms with van der Waals surface area (Å²) in [7, 11) is -1.91. The fourth-order valence-electron chi connectivity index (χ4n) is 2.15. The van der Waals surface area contributed by atoms with E-state index in [2.05, 4.69) is 4.98 Å². The van der Waals surface area contributed by atoms with Crippen molar-refractivity contribution in [1.82, 2.24) is 9.29 Å². The molecule has 1 aliphatic heterocycles. The van der Waals surface area contributed by atoms with Gasteiger partial charge in [-0.1, -0.05) is 0 Å². The van der Waals surface area contributed by atoms with Gasteiger partial charge in [-0.15, -0.1) is 0 Å². The van der Waals surface area contributed by atoms with Gasteiger partial charge in [-0.25, -0.2) is 13.4 Å². The number of anilines is 1. The predicted octanol–water partition coefficient (Wildman–Crippen LogP) is 0.321. The average molecular weight is 271 g/mol. The van der Waals surface area contributed by atoms with Crippen LogP contribution >= 0.6 is 0 Å². The molecule has 2 rings (SSSR count). The number of methoxy groups -OCH3 is 1. The van der Waals surface area contributed by atoms with Crippen molar-refractivity contribution in [2.75, 3.05) is 32.5 Å². The molecular formula is C11H17N3O3S. The Hall–Kier alpha value is -1.18. The molecule has 0 spiro atoms. The number of hydrogen-bond acceptors (Lipinski definition) is 5. The summed E-state index contributed by atoms with van der Waals surface area (Å²) in [5.41, 5.74) is 5.63. The number of nitrogens with two attached hydrogens (primary N) is 1. The van der Waals surface area contributed by atoms with Crippen molar-refractivity contribution in [3.63, 3.8) is 0 Å². The Balaban J connectivity index is 2.21. The number of nitrogens with zero attached hydrogens (tertiary/aromatic N) is 2. The van der Waals surface area contributed by atoms with Gasteiger partial charge in [0, 0.05) is 26.4 Å². The summed E-state index contributed by atoms with van der Waals surface area (Å²) >= 11 is 0. The number of ether oxygens (including phenoxy) is 1. The Morgan fingerprint density at radius 3 is 3.06 bits per heavy atom. The van der Waals surface area contributed by atoms with Crippen molar-refractivity contribution in [2.45, 2.75) is 11.3 Å². The van der Waals surface area contributed by atoms with Crippen LogP contribution in [0, 0.1) is 5.92 Å². The third-order valence-electron chi connectivity index (χ3n) is 3.07. The highest BCUT2D eigenvalue weighted by Crippen LogP contribution is 2.26. The van der Waals surface area contributed by atoms with E-state index in [-0.39, 0.29) is 16.6 Å². The Labute approximate surface area is 107 Å². The monoisotopic (exact) mass is 271 g/mol. The van der Waals surface area contributed by atoms with Crippen molar-refractivity contribution >= 4 is 15.8 Å². The molecule has 1 aliphatic rings. The highest BCUT2D eigenvalue weighted by atomic mass is 32.2. The van der Waals surface area contributed by atoms with E-state index in [1.807, 2.05) is 0 Å². The van der Waals surface area contributed by atoms with Crippen LogP contribution in [-0.2, 0) is 14.8 Å². The maximum absolute atomic E-state index is 12.4. The molecule has 0 amide bonds. The number of sulfonamides is 1. The van der Waals surface area contributed by atoms with Crippen LogP contribution in [0.4, 0.5) is 5.82 Å². The molecule has 2 heterocycles. The molecule has 18 heavy (non-hydrogen) atoms. The van der Waals surface area contributed by atoms with Crippen LogP contribution < -0.4 is 5.73 Å². The third-order valence-corrected chi connectivity index (χ3v) is 4.98. The summed E-state index contributed by atoms with van der Waals surface area (Å²) in [6.45, 7) is 1.56. The molecule has 1 fully saturated rings. The van der Waals surface area contributed by atoms with Gasteiger partial charge in [-0.05, 0) is 24.5 Å². The molecule has 1 atom stereocenters. The zero-order valence-electron chi connectivity index (χ0n) is 10.2. The first kappa shape index (κ1) is 13.3. The second-order valence-electron chi connectivity index (χ2n) is 4.36. The van der Waals surface area contributed by atoms with Crippen LogP contribution in [0.5, 0.6) is 0 Å². The van der Waals surface area contributed by atoms with Gasteiger partial charge in [-0.2, -0.15) is 4.31 Å². The number of hydrogen-bond donors (Lipinski definition) is 1. The number of rotatable bonds is 4.